The van der Waals surface area contributed by atoms with E-state index in [-0.39, 0.29) is 17.7 Å². The Bertz CT molecular complexity index is 988. The number of hydrogen-bond acceptors (Lipinski definition) is 5. The van der Waals surface area contributed by atoms with Gasteiger partial charge in [0, 0.05) is 30.5 Å². The van der Waals surface area contributed by atoms with Crippen LogP contribution in [0.1, 0.15) is 18.4 Å². The van der Waals surface area contributed by atoms with Crippen molar-refractivity contribution >= 4 is 45.7 Å². The lowest BCUT2D eigenvalue weighted by Gasteiger charge is -2.30. The van der Waals surface area contributed by atoms with E-state index in [1.165, 1.54) is 11.3 Å². The fraction of sp³-hybridized carbons (Fsp3) is 0.227. The van der Waals surface area contributed by atoms with Crippen molar-refractivity contribution in [1.82, 2.24) is 9.88 Å². The molecule has 0 radical (unpaired) electrons. The zero-order chi connectivity index (χ0) is 20.1. The Morgan fingerprint density at radius 2 is 1.86 bits per heavy atom. The Labute approximate surface area is 177 Å². The normalized spacial score (nSPS) is 15.0. The summed E-state index contributed by atoms with van der Waals surface area (Å²) in [6, 6.07) is 13.8. The van der Waals surface area contributed by atoms with Gasteiger partial charge in [0.15, 0.2) is 5.13 Å². The van der Waals surface area contributed by atoms with Crippen molar-refractivity contribution in [1.29, 1.82) is 0 Å². The monoisotopic (exact) mass is 423 g/mol. The average Bonchev–Trinajstić information content (AvgIpc) is 3.45. The van der Waals surface area contributed by atoms with Crippen molar-refractivity contribution in [2.45, 2.75) is 12.8 Å². The molecular formula is C22H21N3O2S2. The highest BCUT2D eigenvalue weighted by Gasteiger charge is 2.27. The number of carbonyl (C=O) groups excluding carboxylic acids is 2. The first-order chi connectivity index (χ1) is 14.2. The molecule has 4 rings (SSSR count). The molecule has 2 amide bonds. The van der Waals surface area contributed by atoms with Gasteiger partial charge in [0.1, 0.15) is 0 Å². The SMILES string of the molecule is O=C(Nc1nc(-c2cccs2)cs1)C1CCN(C(=O)/C=C/c2ccccc2)CC1. The van der Waals surface area contributed by atoms with E-state index in [0.29, 0.717) is 31.1 Å². The average molecular weight is 424 g/mol. The topological polar surface area (TPSA) is 62.3 Å². The summed E-state index contributed by atoms with van der Waals surface area (Å²) in [4.78, 5) is 32.4. The molecule has 0 bridgehead atoms. The van der Waals surface area contributed by atoms with E-state index in [0.717, 1.165) is 16.1 Å². The minimum atomic E-state index is -0.0914. The summed E-state index contributed by atoms with van der Waals surface area (Å²) >= 11 is 3.07. The first kappa shape index (κ1) is 19.5. The lowest BCUT2D eigenvalue weighted by atomic mass is 9.96. The van der Waals surface area contributed by atoms with E-state index < -0.39 is 0 Å². The van der Waals surface area contributed by atoms with Crippen LogP contribution >= 0.6 is 22.7 Å². The van der Waals surface area contributed by atoms with E-state index in [1.54, 1.807) is 17.4 Å². The summed E-state index contributed by atoms with van der Waals surface area (Å²) in [5, 5.41) is 7.54. The number of rotatable bonds is 5. The van der Waals surface area contributed by atoms with Crippen molar-refractivity contribution in [2.24, 2.45) is 5.92 Å². The van der Waals surface area contributed by atoms with E-state index >= 15 is 0 Å². The highest BCUT2D eigenvalue weighted by molar-refractivity contribution is 7.16. The van der Waals surface area contributed by atoms with Crippen LogP contribution in [0.15, 0.2) is 59.3 Å². The van der Waals surface area contributed by atoms with Gasteiger partial charge >= 0.3 is 0 Å². The predicted molar refractivity (Wildman–Crippen MR) is 119 cm³/mol. The molecule has 0 atom stereocenters. The van der Waals surface area contributed by atoms with Gasteiger partial charge in [-0.15, -0.1) is 22.7 Å². The van der Waals surface area contributed by atoms with Gasteiger partial charge in [0.05, 0.1) is 10.6 Å². The number of anilines is 1. The number of hydrogen-bond donors (Lipinski definition) is 1. The van der Waals surface area contributed by atoms with Crippen LogP contribution < -0.4 is 5.32 Å². The molecule has 1 fully saturated rings. The van der Waals surface area contributed by atoms with Crippen LogP contribution in [-0.4, -0.2) is 34.8 Å². The number of nitrogens with zero attached hydrogens (tertiary/aromatic N) is 2. The molecule has 1 aliphatic heterocycles. The second-order valence-corrected chi connectivity index (χ2v) is 8.65. The summed E-state index contributed by atoms with van der Waals surface area (Å²) in [5.74, 6) is -0.108. The molecule has 0 saturated carbocycles. The second-order valence-electron chi connectivity index (χ2n) is 6.85. The highest BCUT2D eigenvalue weighted by atomic mass is 32.1. The molecule has 29 heavy (non-hydrogen) atoms. The van der Waals surface area contributed by atoms with Crippen molar-refractivity contribution in [3.05, 3.63) is 64.9 Å². The minimum Gasteiger partial charge on any atom is -0.339 e. The van der Waals surface area contributed by atoms with Crippen molar-refractivity contribution < 1.29 is 9.59 Å². The van der Waals surface area contributed by atoms with Crippen LogP contribution in [0.2, 0.25) is 0 Å². The summed E-state index contributed by atoms with van der Waals surface area (Å²) in [6.07, 6.45) is 4.77. The van der Waals surface area contributed by atoms with Crippen molar-refractivity contribution in [2.75, 3.05) is 18.4 Å². The molecule has 5 nitrogen and oxygen atoms in total. The second kappa shape index (κ2) is 9.15. The molecule has 1 aromatic carbocycles. The molecule has 1 N–H and O–H groups in total. The summed E-state index contributed by atoms with van der Waals surface area (Å²) in [7, 11) is 0. The maximum absolute atomic E-state index is 12.6. The molecule has 1 aliphatic rings. The number of amides is 2. The number of carbonyl (C=O) groups is 2. The number of aromatic nitrogens is 1. The number of thiazole rings is 1. The Balaban J connectivity index is 1.27. The minimum absolute atomic E-state index is 0.00627. The van der Waals surface area contributed by atoms with Crippen LogP contribution in [0.3, 0.4) is 0 Å². The predicted octanol–water partition coefficient (Wildman–Crippen LogP) is 4.76. The quantitative estimate of drug-likeness (QED) is 0.602. The molecule has 0 unspecified atom stereocenters. The zero-order valence-electron chi connectivity index (χ0n) is 15.8. The molecule has 3 heterocycles. The fourth-order valence-electron chi connectivity index (χ4n) is 3.28. The molecule has 7 heteroatoms. The van der Waals surface area contributed by atoms with Gasteiger partial charge in [-0.05, 0) is 35.9 Å². The molecular weight excluding hydrogens is 402 g/mol. The highest BCUT2D eigenvalue weighted by Crippen LogP contribution is 2.29. The van der Waals surface area contributed by atoms with Gasteiger partial charge in [-0.2, -0.15) is 0 Å². The molecule has 3 aromatic rings. The Kier molecular flexibility index (Phi) is 6.17. The lowest BCUT2D eigenvalue weighted by molar-refractivity contribution is -0.130. The zero-order valence-corrected chi connectivity index (χ0v) is 17.4. The van der Waals surface area contributed by atoms with Gasteiger partial charge < -0.3 is 10.2 Å². The van der Waals surface area contributed by atoms with Crippen molar-refractivity contribution in [3.63, 3.8) is 0 Å². The molecule has 0 aliphatic carbocycles. The standard InChI is InChI=1S/C22H21N3O2S2/c26-20(9-8-16-5-2-1-3-6-16)25-12-10-17(11-13-25)21(27)24-22-23-18(15-29-22)19-7-4-14-28-19/h1-9,14-15,17H,10-13H2,(H,23,24,27)/b9-8+. The molecule has 0 spiro atoms. The number of benzene rings is 1. The van der Waals surface area contributed by atoms with Gasteiger partial charge in [0.25, 0.3) is 0 Å². The lowest BCUT2D eigenvalue weighted by Crippen LogP contribution is -2.40. The van der Waals surface area contributed by atoms with Crippen LogP contribution in [0.4, 0.5) is 5.13 Å². The largest absolute Gasteiger partial charge is 0.339 e. The summed E-state index contributed by atoms with van der Waals surface area (Å²) in [5.41, 5.74) is 1.89. The van der Waals surface area contributed by atoms with Crippen LogP contribution in [0, 0.1) is 5.92 Å². The third kappa shape index (κ3) is 4.99. The van der Waals surface area contributed by atoms with Crippen molar-refractivity contribution in [3.8, 4) is 10.6 Å². The van der Waals surface area contributed by atoms with Gasteiger partial charge in [-0.1, -0.05) is 36.4 Å². The van der Waals surface area contributed by atoms with Crippen LogP contribution in [0.25, 0.3) is 16.6 Å². The number of nitrogens with one attached hydrogen (secondary N) is 1. The van der Waals surface area contributed by atoms with Gasteiger partial charge in [-0.25, -0.2) is 4.98 Å². The maximum Gasteiger partial charge on any atom is 0.246 e. The third-order valence-corrected chi connectivity index (χ3v) is 6.55. The third-order valence-electron chi connectivity index (χ3n) is 4.90. The smallest absolute Gasteiger partial charge is 0.246 e. The Morgan fingerprint density at radius 3 is 2.59 bits per heavy atom. The summed E-state index contributed by atoms with van der Waals surface area (Å²) in [6.45, 7) is 1.18. The molecule has 1 saturated heterocycles. The van der Waals surface area contributed by atoms with Crippen LogP contribution in [-0.2, 0) is 9.59 Å². The Morgan fingerprint density at radius 1 is 1.07 bits per heavy atom. The van der Waals surface area contributed by atoms with Gasteiger partial charge in [0.2, 0.25) is 11.8 Å². The molecule has 148 valence electrons. The van der Waals surface area contributed by atoms with E-state index in [9.17, 15) is 9.59 Å². The van der Waals surface area contributed by atoms with Gasteiger partial charge in [-0.3, -0.25) is 9.59 Å². The Hall–Kier alpha value is -2.77. The fourth-order valence-corrected chi connectivity index (χ4v) is 4.75. The summed E-state index contributed by atoms with van der Waals surface area (Å²) < 4.78 is 0. The maximum atomic E-state index is 12.6. The number of thiophene rings is 1. The van der Waals surface area contributed by atoms with E-state index in [1.807, 2.05) is 64.2 Å². The van der Waals surface area contributed by atoms with E-state index in [4.69, 9.17) is 0 Å². The molecule has 2 aromatic heterocycles. The van der Waals surface area contributed by atoms with Crippen LogP contribution in [0.5, 0.6) is 0 Å². The first-order valence-corrected chi connectivity index (χ1v) is 11.3. The number of piperidine rings is 1. The first-order valence-electron chi connectivity index (χ1n) is 9.51. The van der Waals surface area contributed by atoms with E-state index in [2.05, 4.69) is 10.3 Å². The number of likely N-dealkylation sites (tertiary alicyclic amines) is 1.